The van der Waals surface area contributed by atoms with Gasteiger partial charge in [-0.15, -0.1) is 5.10 Å². The van der Waals surface area contributed by atoms with E-state index in [2.05, 4.69) is 15.5 Å². The quantitative estimate of drug-likeness (QED) is 0.422. The number of hydrogen-bond donors (Lipinski definition) is 1. The van der Waals surface area contributed by atoms with E-state index >= 15 is 0 Å². The number of benzene rings is 2. The molecule has 0 saturated carbocycles. The molecule has 2 heterocycles. The standard InChI is InChI=1S/C21H15Cl2N3O2S/c22-15-7-6-14(17(23)11-15)10-19-20(27)25-21(29-19)26-24-12-16-8-9-18(28-16)13-4-2-1-3-5-13/h1-9,11-12,19H,10H2,(H,25,26,27)/b24-12+. The summed E-state index contributed by atoms with van der Waals surface area (Å²) >= 11 is 13.4. The fraction of sp³-hybridized carbons (Fsp3) is 0.0952. The molecule has 8 heteroatoms. The molecule has 1 saturated heterocycles. The Balaban J connectivity index is 1.39. The second kappa shape index (κ2) is 8.86. The Kier molecular flexibility index (Phi) is 6.04. The molecule has 4 rings (SSSR count). The van der Waals surface area contributed by atoms with Gasteiger partial charge in [-0.05, 0) is 36.2 Å². The second-order valence-corrected chi connectivity index (χ2v) is 8.29. The predicted octanol–water partition coefficient (Wildman–Crippen LogP) is 5.42. The van der Waals surface area contributed by atoms with Crippen LogP contribution in [0.2, 0.25) is 10.0 Å². The number of thioether (sulfide) groups is 1. The van der Waals surface area contributed by atoms with Crippen molar-refractivity contribution in [2.45, 2.75) is 11.7 Å². The molecule has 1 unspecified atom stereocenters. The lowest BCUT2D eigenvalue weighted by Gasteiger charge is -2.07. The van der Waals surface area contributed by atoms with Gasteiger partial charge in [-0.3, -0.25) is 4.79 Å². The third-order valence-corrected chi connectivity index (χ3v) is 5.87. The second-order valence-electron chi connectivity index (χ2n) is 6.25. The fourth-order valence-electron chi connectivity index (χ4n) is 2.79. The number of nitrogens with one attached hydrogen (secondary N) is 1. The van der Waals surface area contributed by atoms with Crippen LogP contribution in [-0.2, 0) is 11.2 Å². The summed E-state index contributed by atoms with van der Waals surface area (Å²) in [6.07, 6.45) is 1.99. The van der Waals surface area contributed by atoms with Crippen LogP contribution in [0.1, 0.15) is 11.3 Å². The Morgan fingerprint density at radius 3 is 2.72 bits per heavy atom. The molecular formula is C21H15Cl2N3O2S. The molecule has 2 aromatic carbocycles. The van der Waals surface area contributed by atoms with Crippen LogP contribution in [-0.4, -0.2) is 22.5 Å². The van der Waals surface area contributed by atoms with Crippen molar-refractivity contribution in [3.8, 4) is 11.3 Å². The van der Waals surface area contributed by atoms with Crippen LogP contribution in [0.25, 0.3) is 11.3 Å². The number of rotatable bonds is 5. The van der Waals surface area contributed by atoms with Gasteiger partial charge in [0.2, 0.25) is 5.91 Å². The van der Waals surface area contributed by atoms with Gasteiger partial charge in [0.1, 0.15) is 11.5 Å². The van der Waals surface area contributed by atoms with E-state index in [1.807, 2.05) is 48.5 Å². The molecule has 1 aliphatic heterocycles. The number of halogens is 2. The summed E-state index contributed by atoms with van der Waals surface area (Å²) in [6, 6.07) is 18.7. The molecule has 0 radical (unpaired) electrons. The molecule has 5 nitrogen and oxygen atoms in total. The minimum Gasteiger partial charge on any atom is -0.455 e. The SMILES string of the molecule is O=C1N/C(=N\N=C\c2ccc(-c3ccccc3)o2)SC1Cc1ccc(Cl)cc1Cl. The Morgan fingerprint density at radius 1 is 1.10 bits per heavy atom. The highest BCUT2D eigenvalue weighted by atomic mass is 35.5. The smallest absolute Gasteiger partial charge is 0.239 e. The van der Waals surface area contributed by atoms with Crippen molar-refractivity contribution in [1.29, 1.82) is 0 Å². The number of furan rings is 1. The topological polar surface area (TPSA) is 67.0 Å². The van der Waals surface area contributed by atoms with Gasteiger partial charge < -0.3 is 9.73 Å². The Morgan fingerprint density at radius 2 is 1.93 bits per heavy atom. The van der Waals surface area contributed by atoms with Crippen LogP contribution in [0.3, 0.4) is 0 Å². The van der Waals surface area contributed by atoms with Crippen molar-refractivity contribution < 1.29 is 9.21 Å². The minimum absolute atomic E-state index is 0.126. The zero-order valence-corrected chi connectivity index (χ0v) is 17.3. The van der Waals surface area contributed by atoms with Crippen molar-refractivity contribution in [3.63, 3.8) is 0 Å². The molecule has 1 fully saturated rings. The molecule has 1 aliphatic rings. The molecule has 1 atom stereocenters. The minimum atomic E-state index is -0.323. The zero-order valence-electron chi connectivity index (χ0n) is 15.0. The van der Waals surface area contributed by atoms with E-state index < -0.39 is 0 Å². The highest BCUT2D eigenvalue weighted by Gasteiger charge is 2.31. The monoisotopic (exact) mass is 443 g/mol. The van der Waals surface area contributed by atoms with Crippen LogP contribution in [0.15, 0.2) is 75.3 Å². The van der Waals surface area contributed by atoms with E-state index in [0.717, 1.165) is 16.9 Å². The summed E-state index contributed by atoms with van der Waals surface area (Å²) in [5.74, 6) is 1.20. The van der Waals surface area contributed by atoms with Gasteiger partial charge in [-0.2, -0.15) is 5.10 Å². The van der Waals surface area contributed by atoms with Crippen molar-refractivity contribution >= 4 is 52.3 Å². The van der Waals surface area contributed by atoms with Crippen LogP contribution in [0.5, 0.6) is 0 Å². The first-order valence-corrected chi connectivity index (χ1v) is 10.4. The molecule has 29 heavy (non-hydrogen) atoms. The highest BCUT2D eigenvalue weighted by Crippen LogP contribution is 2.28. The molecular weight excluding hydrogens is 429 g/mol. The van der Waals surface area contributed by atoms with E-state index in [9.17, 15) is 4.79 Å². The van der Waals surface area contributed by atoms with Crippen LogP contribution < -0.4 is 5.32 Å². The Bertz CT molecular complexity index is 1100. The first-order valence-electron chi connectivity index (χ1n) is 8.76. The van der Waals surface area contributed by atoms with Crippen molar-refractivity contribution in [3.05, 3.63) is 82.0 Å². The molecule has 146 valence electrons. The van der Waals surface area contributed by atoms with Gasteiger partial charge >= 0.3 is 0 Å². The molecule has 1 N–H and O–H groups in total. The van der Waals surface area contributed by atoms with Gasteiger partial charge in [-0.25, -0.2) is 0 Å². The molecule has 1 amide bonds. The summed E-state index contributed by atoms with van der Waals surface area (Å²) < 4.78 is 5.74. The van der Waals surface area contributed by atoms with E-state index in [4.69, 9.17) is 27.6 Å². The Labute approximate surface area is 181 Å². The van der Waals surface area contributed by atoms with E-state index in [1.54, 1.807) is 12.1 Å². The maximum atomic E-state index is 12.2. The summed E-state index contributed by atoms with van der Waals surface area (Å²) in [6.45, 7) is 0. The van der Waals surface area contributed by atoms with Crippen LogP contribution >= 0.6 is 35.0 Å². The summed E-state index contributed by atoms with van der Waals surface area (Å²) in [5, 5.41) is 12.1. The summed E-state index contributed by atoms with van der Waals surface area (Å²) in [7, 11) is 0. The number of carbonyl (C=O) groups excluding carboxylic acids is 1. The molecule has 1 aromatic heterocycles. The lowest BCUT2D eigenvalue weighted by atomic mass is 10.1. The number of carbonyl (C=O) groups is 1. The highest BCUT2D eigenvalue weighted by molar-refractivity contribution is 8.15. The van der Waals surface area contributed by atoms with E-state index in [0.29, 0.717) is 27.4 Å². The lowest BCUT2D eigenvalue weighted by Crippen LogP contribution is -2.26. The van der Waals surface area contributed by atoms with Crippen LogP contribution in [0.4, 0.5) is 0 Å². The fourth-order valence-corrected chi connectivity index (χ4v) is 4.23. The van der Waals surface area contributed by atoms with Gasteiger partial charge in [-0.1, -0.05) is 71.4 Å². The van der Waals surface area contributed by atoms with Crippen LogP contribution in [0, 0.1) is 0 Å². The number of amidine groups is 1. The summed E-state index contributed by atoms with van der Waals surface area (Å²) in [4.78, 5) is 12.2. The van der Waals surface area contributed by atoms with E-state index in [1.165, 1.54) is 18.0 Å². The average Bonchev–Trinajstić information content (AvgIpc) is 3.32. The van der Waals surface area contributed by atoms with Gasteiger partial charge in [0, 0.05) is 15.6 Å². The number of hydrogen-bond acceptors (Lipinski definition) is 5. The average molecular weight is 444 g/mol. The first kappa shape index (κ1) is 19.8. The van der Waals surface area contributed by atoms with Crippen molar-refractivity contribution in [1.82, 2.24) is 5.32 Å². The lowest BCUT2D eigenvalue weighted by molar-refractivity contribution is -0.118. The van der Waals surface area contributed by atoms with Gasteiger partial charge in [0.15, 0.2) is 5.17 Å². The zero-order chi connectivity index (χ0) is 20.2. The Hall–Kier alpha value is -2.54. The molecule has 0 aliphatic carbocycles. The number of nitrogens with zero attached hydrogens (tertiary/aromatic N) is 2. The number of amides is 1. The third kappa shape index (κ3) is 4.90. The first-order chi connectivity index (χ1) is 14.1. The third-order valence-electron chi connectivity index (χ3n) is 4.22. The normalized spacial score (nSPS) is 17.9. The van der Waals surface area contributed by atoms with E-state index in [-0.39, 0.29) is 11.2 Å². The van der Waals surface area contributed by atoms with Gasteiger partial charge in [0.25, 0.3) is 0 Å². The van der Waals surface area contributed by atoms with Crippen molar-refractivity contribution in [2.75, 3.05) is 0 Å². The molecule has 0 spiro atoms. The van der Waals surface area contributed by atoms with Gasteiger partial charge in [0.05, 0.1) is 11.5 Å². The maximum Gasteiger partial charge on any atom is 0.239 e. The van der Waals surface area contributed by atoms with Crippen molar-refractivity contribution in [2.24, 2.45) is 10.2 Å². The molecule has 3 aromatic rings. The maximum absolute atomic E-state index is 12.2. The molecule has 0 bridgehead atoms. The largest absolute Gasteiger partial charge is 0.455 e. The summed E-state index contributed by atoms with van der Waals surface area (Å²) in [5.41, 5.74) is 1.85. The predicted molar refractivity (Wildman–Crippen MR) is 119 cm³/mol.